The van der Waals surface area contributed by atoms with E-state index in [4.69, 9.17) is 4.74 Å². The topological polar surface area (TPSA) is 49.9 Å². The van der Waals surface area contributed by atoms with Crippen molar-refractivity contribution in [3.63, 3.8) is 0 Å². The molecule has 0 saturated carbocycles. The molecule has 0 atom stereocenters. The third-order valence-electron chi connectivity index (χ3n) is 4.33. The molecular weight excluding hydrogens is 292 g/mol. The van der Waals surface area contributed by atoms with Crippen molar-refractivity contribution in [1.29, 1.82) is 0 Å². The summed E-state index contributed by atoms with van der Waals surface area (Å²) < 4.78 is 5.38. The largest absolute Gasteiger partial charge is 0.444 e. The molecule has 124 valence electrons. The van der Waals surface area contributed by atoms with Gasteiger partial charge in [0.05, 0.1) is 0 Å². The van der Waals surface area contributed by atoms with Crippen molar-refractivity contribution in [3.05, 3.63) is 35.9 Å². The number of carbonyl (C=O) groups excluding carboxylic acids is 2. The molecule has 2 amide bonds. The first-order chi connectivity index (χ1) is 10.8. The first-order valence-corrected chi connectivity index (χ1v) is 8.06. The van der Waals surface area contributed by atoms with Gasteiger partial charge in [0, 0.05) is 38.0 Å². The maximum Gasteiger partial charge on any atom is 0.410 e. The molecule has 2 aliphatic rings. The number of amides is 2. The van der Waals surface area contributed by atoms with Gasteiger partial charge in [0.15, 0.2) is 0 Å². The van der Waals surface area contributed by atoms with Gasteiger partial charge in [-0.25, -0.2) is 4.79 Å². The third-order valence-corrected chi connectivity index (χ3v) is 4.33. The van der Waals surface area contributed by atoms with Gasteiger partial charge in [-0.15, -0.1) is 0 Å². The second-order valence-corrected chi connectivity index (χ2v) is 7.75. The van der Waals surface area contributed by atoms with Crippen LogP contribution in [0.4, 0.5) is 4.79 Å². The molecule has 1 spiro atoms. The zero-order valence-corrected chi connectivity index (χ0v) is 14.0. The standard InChI is InChI=1S/C18H24N2O3/c1-17(2,3)23-16(22)20-12-18(13-20)9-15(21)19(11-18)10-14-7-5-4-6-8-14/h4-8H,9-13H2,1-3H3. The van der Waals surface area contributed by atoms with Crippen molar-refractivity contribution >= 4 is 12.0 Å². The highest BCUT2D eigenvalue weighted by Crippen LogP contribution is 2.41. The molecule has 5 nitrogen and oxygen atoms in total. The number of likely N-dealkylation sites (tertiary alicyclic amines) is 2. The van der Waals surface area contributed by atoms with Gasteiger partial charge in [0.1, 0.15) is 5.60 Å². The van der Waals surface area contributed by atoms with E-state index in [0.717, 1.165) is 12.1 Å². The highest BCUT2D eigenvalue weighted by Gasteiger charge is 2.53. The Labute approximate surface area is 137 Å². The average Bonchev–Trinajstić information content (AvgIpc) is 2.74. The van der Waals surface area contributed by atoms with Crippen LogP contribution in [-0.4, -0.2) is 47.0 Å². The van der Waals surface area contributed by atoms with Crippen molar-refractivity contribution in [2.24, 2.45) is 5.41 Å². The van der Waals surface area contributed by atoms with Crippen molar-refractivity contribution < 1.29 is 14.3 Å². The molecule has 3 rings (SSSR count). The zero-order valence-electron chi connectivity index (χ0n) is 14.0. The summed E-state index contributed by atoms with van der Waals surface area (Å²) >= 11 is 0. The van der Waals surface area contributed by atoms with Crippen LogP contribution in [0.2, 0.25) is 0 Å². The molecule has 1 aromatic carbocycles. The Hall–Kier alpha value is -2.04. The predicted octanol–water partition coefficient (Wildman–Crippen LogP) is 2.66. The maximum atomic E-state index is 12.3. The van der Waals surface area contributed by atoms with Crippen molar-refractivity contribution in [2.45, 2.75) is 39.3 Å². The highest BCUT2D eigenvalue weighted by molar-refractivity contribution is 5.81. The summed E-state index contributed by atoms with van der Waals surface area (Å²) in [6, 6.07) is 10.0. The van der Waals surface area contributed by atoms with Crippen molar-refractivity contribution in [2.75, 3.05) is 19.6 Å². The number of nitrogens with zero attached hydrogens (tertiary/aromatic N) is 2. The van der Waals surface area contributed by atoms with E-state index in [1.165, 1.54) is 0 Å². The van der Waals surface area contributed by atoms with E-state index in [9.17, 15) is 9.59 Å². The summed E-state index contributed by atoms with van der Waals surface area (Å²) in [5.41, 5.74) is 0.578. The quantitative estimate of drug-likeness (QED) is 0.843. The highest BCUT2D eigenvalue weighted by atomic mass is 16.6. The fourth-order valence-corrected chi connectivity index (χ4v) is 3.36. The summed E-state index contributed by atoms with van der Waals surface area (Å²) in [5.74, 6) is 0.178. The van der Waals surface area contributed by atoms with Gasteiger partial charge < -0.3 is 14.5 Å². The van der Waals surface area contributed by atoms with Gasteiger partial charge in [-0.2, -0.15) is 0 Å². The van der Waals surface area contributed by atoms with Crippen LogP contribution >= 0.6 is 0 Å². The fraction of sp³-hybridized carbons (Fsp3) is 0.556. The minimum atomic E-state index is -0.481. The second kappa shape index (κ2) is 5.55. The Morgan fingerprint density at radius 2 is 1.83 bits per heavy atom. The molecular formula is C18H24N2O3. The van der Waals surface area contributed by atoms with Gasteiger partial charge in [-0.1, -0.05) is 30.3 Å². The van der Waals surface area contributed by atoms with E-state index in [-0.39, 0.29) is 17.4 Å². The zero-order chi connectivity index (χ0) is 16.7. The first-order valence-electron chi connectivity index (χ1n) is 8.06. The monoisotopic (exact) mass is 316 g/mol. The molecule has 2 aliphatic heterocycles. The number of hydrogen-bond acceptors (Lipinski definition) is 3. The molecule has 23 heavy (non-hydrogen) atoms. The average molecular weight is 316 g/mol. The molecule has 0 radical (unpaired) electrons. The number of ether oxygens (including phenoxy) is 1. The Kier molecular flexibility index (Phi) is 3.82. The molecule has 2 fully saturated rings. The minimum Gasteiger partial charge on any atom is -0.444 e. The van der Waals surface area contributed by atoms with Crippen LogP contribution < -0.4 is 0 Å². The smallest absolute Gasteiger partial charge is 0.410 e. The number of hydrogen-bond donors (Lipinski definition) is 0. The van der Waals surface area contributed by atoms with Crippen LogP contribution in [0.3, 0.4) is 0 Å². The normalized spacial score (nSPS) is 19.9. The molecule has 5 heteroatoms. The SMILES string of the molecule is CC(C)(C)OC(=O)N1CC2(CC(=O)N(Cc3ccccc3)C2)C1. The molecule has 0 aliphatic carbocycles. The summed E-state index contributed by atoms with van der Waals surface area (Å²) in [6.07, 6.45) is 0.246. The molecule has 0 aromatic heterocycles. The van der Waals surface area contributed by atoms with E-state index < -0.39 is 5.60 Å². The molecule has 2 saturated heterocycles. The predicted molar refractivity (Wildman–Crippen MR) is 86.7 cm³/mol. The summed E-state index contributed by atoms with van der Waals surface area (Å²) in [4.78, 5) is 27.9. The maximum absolute atomic E-state index is 12.3. The van der Waals surface area contributed by atoms with Crippen LogP contribution in [0.25, 0.3) is 0 Å². The van der Waals surface area contributed by atoms with E-state index in [1.807, 2.05) is 56.0 Å². The van der Waals surface area contributed by atoms with E-state index >= 15 is 0 Å². The molecule has 0 unspecified atom stereocenters. The van der Waals surface area contributed by atoms with Crippen molar-refractivity contribution in [3.8, 4) is 0 Å². The molecule has 0 N–H and O–H groups in total. The Morgan fingerprint density at radius 3 is 2.43 bits per heavy atom. The number of rotatable bonds is 2. The van der Waals surface area contributed by atoms with E-state index in [1.54, 1.807) is 4.90 Å². The van der Waals surface area contributed by atoms with Crippen LogP contribution in [0.15, 0.2) is 30.3 Å². The van der Waals surface area contributed by atoms with Crippen LogP contribution in [0.1, 0.15) is 32.8 Å². The Bertz CT molecular complexity index is 600. The fourth-order valence-electron chi connectivity index (χ4n) is 3.36. The Balaban J connectivity index is 1.56. The van der Waals surface area contributed by atoms with Gasteiger partial charge in [-0.3, -0.25) is 4.79 Å². The molecule has 2 heterocycles. The van der Waals surface area contributed by atoms with Crippen molar-refractivity contribution in [1.82, 2.24) is 9.80 Å². The van der Waals surface area contributed by atoms with E-state index in [0.29, 0.717) is 26.1 Å². The number of benzene rings is 1. The molecule has 1 aromatic rings. The lowest BCUT2D eigenvalue weighted by Crippen LogP contribution is -2.60. The van der Waals surface area contributed by atoms with Gasteiger partial charge >= 0.3 is 6.09 Å². The lowest BCUT2D eigenvalue weighted by atomic mass is 9.79. The Morgan fingerprint density at radius 1 is 1.17 bits per heavy atom. The second-order valence-electron chi connectivity index (χ2n) is 7.75. The summed E-state index contributed by atoms with van der Waals surface area (Å²) in [6.45, 7) is 8.18. The summed E-state index contributed by atoms with van der Waals surface area (Å²) in [7, 11) is 0. The van der Waals surface area contributed by atoms with Gasteiger partial charge in [-0.05, 0) is 26.3 Å². The van der Waals surface area contributed by atoms with Gasteiger partial charge in [0.2, 0.25) is 5.91 Å². The van der Waals surface area contributed by atoms with Crippen LogP contribution in [0.5, 0.6) is 0 Å². The van der Waals surface area contributed by atoms with Crippen LogP contribution in [-0.2, 0) is 16.1 Å². The third kappa shape index (κ3) is 3.49. The van der Waals surface area contributed by atoms with E-state index in [2.05, 4.69) is 0 Å². The first kappa shape index (κ1) is 15.8. The summed E-state index contributed by atoms with van der Waals surface area (Å²) in [5, 5.41) is 0. The molecule has 0 bridgehead atoms. The lowest BCUT2D eigenvalue weighted by Gasteiger charge is -2.47. The van der Waals surface area contributed by atoms with Gasteiger partial charge in [0.25, 0.3) is 0 Å². The lowest BCUT2D eigenvalue weighted by molar-refractivity contribution is -0.128. The minimum absolute atomic E-state index is 0.0806. The number of carbonyl (C=O) groups is 2. The van der Waals surface area contributed by atoms with Crippen LogP contribution in [0, 0.1) is 5.41 Å².